The Morgan fingerprint density at radius 1 is 0.636 bits per heavy atom. The molecule has 0 aliphatic heterocycles. The summed E-state index contributed by atoms with van der Waals surface area (Å²) in [6, 6.07) is 12.5. The Kier molecular flexibility index (Phi) is 13.7. The zero-order chi connectivity index (χ0) is 31.3. The van der Waals surface area contributed by atoms with Crippen molar-refractivity contribution in [3.8, 4) is 11.5 Å². The second-order valence-corrected chi connectivity index (χ2v) is 13.2. The summed E-state index contributed by atoms with van der Waals surface area (Å²) in [5, 5.41) is 17.4. The van der Waals surface area contributed by atoms with Crippen molar-refractivity contribution in [3.05, 3.63) is 80.3 Å². The number of benzene rings is 2. The highest BCUT2D eigenvalue weighted by atomic mass is 79.9. The van der Waals surface area contributed by atoms with Gasteiger partial charge in [0.25, 0.3) is 0 Å². The van der Waals surface area contributed by atoms with Gasteiger partial charge in [0.1, 0.15) is 18.1 Å². The van der Waals surface area contributed by atoms with Crippen molar-refractivity contribution in [1.82, 2.24) is 39.8 Å². The van der Waals surface area contributed by atoms with E-state index in [9.17, 15) is 0 Å². The molecular weight excluding hydrogens is 688 g/mol. The molecule has 2 aromatic heterocycles. The average molecular weight is 733 g/mol. The summed E-state index contributed by atoms with van der Waals surface area (Å²) < 4.78 is 17.6. The molecule has 4 rings (SSSR count). The Hall–Kier alpha value is -2.80. The Labute approximate surface area is 278 Å². The molecule has 0 aliphatic carbocycles. The summed E-state index contributed by atoms with van der Waals surface area (Å²) in [6.45, 7) is 4.81. The molecule has 0 radical (unpaired) electrons. The maximum absolute atomic E-state index is 5.91. The summed E-state index contributed by atoms with van der Waals surface area (Å²) in [6.07, 6.45) is 9.49. The van der Waals surface area contributed by atoms with Crippen LogP contribution in [0, 0.1) is 0 Å². The third kappa shape index (κ3) is 11.6. The van der Waals surface area contributed by atoms with Crippen LogP contribution in [0.25, 0.3) is 0 Å². The van der Waals surface area contributed by atoms with Crippen LogP contribution in [-0.4, -0.2) is 94.3 Å². The van der Waals surface area contributed by atoms with Gasteiger partial charge in [0.15, 0.2) is 0 Å². The van der Waals surface area contributed by atoms with Crippen LogP contribution in [0.1, 0.15) is 35.4 Å². The first-order valence-corrected chi connectivity index (χ1v) is 16.7. The van der Waals surface area contributed by atoms with Crippen molar-refractivity contribution in [3.63, 3.8) is 0 Å². The fourth-order valence-electron chi connectivity index (χ4n) is 4.60. The minimum Gasteiger partial charge on any atom is -0.492 e. The second-order valence-electron chi connectivity index (χ2n) is 11.5. The van der Waals surface area contributed by atoms with Crippen LogP contribution in [-0.2, 0) is 38.8 Å². The highest BCUT2D eigenvalue weighted by Crippen LogP contribution is 2.27. The van der Waals surface area contributed by atoms with E-state index in [1.807, 2.05) is 48.0 Å². The van der Waals surface area contributed by atoms with Gasteiger partial charge in [0.05, 0.1) is 26.9 Å². The molecule has 10 nitrogen and oxygen atoms in total. The van der Waals surface area contributed by atoms with E-state index in [4.69, 9.17) is 9.47 Å². The Bertz CT molecular complexity index is 1440. The number of aromatic nitrogens is 6. The summed E-state index contributed by atoms with van der Waals surface area (Å²) >= 11 is 7.29. The quantitative estimate of drug-likeness (QED) is 0.120. The number of ether oxygens (including phenoxy) is 2. The fourth-order valence-corrected chi connectivity index (χ4v) is 5.68. The zero-order valence-electron chi connectivity index (χ0n) is 26.3. The monoisotopic (exact) mass is 730 g/mol. The first-order chi connectivity index (χ1) is 21.2. The van der Waals surface area contributed by atoms with Gasteiger partial charge >= 0.3 is 0 Å². The first kappa shape index (κ1) is 34.1. The molecule has 0 amide bonds. The lowest BCUT2D eigenvalue weighted by Gasteiger charge is -2.13. The van der Waals surface area contributed by atoms with E-state index in [-0.39, 0.29) is 0 Å². The van der Waals surface area contributed by atoms with Gasteiger partial charge < -0.3 is 19.3 Å². The molecule has 2 heterocycles. The summed E-state index contributed by atoms with van der Waals surface area (Å²) in [4.78, 5) is 4.27. The van der Waals surface area contributed by atoms with Crippen LogP contribution in [0.4, 0.5) is 0 Å². The highest BCUT2D eigenvalue weighted by Gasteiger charge is 2.08. The maximum Gasteiger partial charge on any atom is 0.133 e. The van der Waals surface area contributed by atoms with E-state index in [0.29, 0.717) is 13.2 Å². The molecule has 12 heteroatoms. The molecule has 2 aromatic carbocycles. The van der Waals surface area contributed by atoms with Gasteiger partial charge in [0, 0.05) is 38.6 Å². The molecule has 0 N–H and O–H groups in total. The van der Waals surface area contributed by atoms with Crippen molar-refractivity contribution < 1.29 is 9.47 Å². The van der Waals surface area contributed by atoms with Gasteiger partial charge in [0.2, 0.25) is 0 Å². The van der Waals surface area contributed by atoms with Crippen molar-refractivity contribution in [1.29, 1.82) is 0 Å². The topological polar surface area (TPSA) is 86.4 Å². The molecule has 4 aromatic rings. The predicted molar refractivity (Wildman–Crippen MR) is 180 cm³/mol. The normalized spacial score (nSPS) is 11.5. The average Bonchev–Trinajstić information content (AvgIpc) is 3.64. The molecule has 0 atom stereocenters. The first-order valence-electron chi connectivity index (χ1n) is 15.1. The maximum atomic E-state index is 5.91. The molecule has 0 fully saturated rings. The molecule has 0 saturated heterocycles. The van der Waals surface area contributed by atoms with Crippen molar-refractivity contribution in [2.75, 3.05) is 54.5 Å². The minimum absolute atomic E-state index is 0.660. The van der Waals surface area contributed by atoms with Crippen molar-refractivity contribution in [2.24, 2.45) is 0 Å². The molecule has 0 aliphatic rings. The third-order valence-corrected chi connectivity index (χ3v) is 8.33. The summed E-state index contributed by atoms with van der Waals surface area (Å²) in [5.74, 6) is 1.75. The molecule has 0 bridgehead atoms. The number of likely N-dealkylation sites (N-methyl/N-ethyl adjacent to an activating group) is 1. The van der Waals surface area contributed by atoms with Crippen LogP contribution in [0.2, 0.25) is 0 Å². The molecule has 238 valence electrons. The van der Waals surface area contributed by atoms with Crippen LogP contribution >= 0.6 is 31.9 Å². The Morgan fingerprint density at radius 3 is 1.61 bits per heavy atom. The number of hydrogen-bond acceptors (Lipinski definition) is 8. The number of halogens is 2. The Balaban J connectivity index is 1.14. The van der Waals surface area contributed by atoms with Crippen LogP contribution in [0.15, 0.2) is 57.7 Å². The number of rotatable bonds is 19. The van der Waals surface area contributed by atoms with Crippen molar-refractivity contribution >= 4 is 31.9 Å². The summed E-state index contributed by atoms with van der Waals surface area (Å²) in [5.41, 5.74) is 4.45. The van der Waals surface area contributed by atoms with Crippen molar-refractivity contribution in [2.45, 2.75) is 51.6 Å². The van der Waals surface area contributed by atoms with E-state index >= 15 is 0 Å². The van der Waals surface area contributed by atoms with Gasteiger partial charge in [-0.3, -0.25) is 9.36 Å². The van der Waals surface area contributed by atoms with Crippen LogP contribution < -0.4 is 9.47 Å². The Morgan fingerprint density at radius 2 is 1.14 bits per heavy atom. The molecule has 44 heavy (non-hydrogen) atoms. The van der Waals surface area contributed by atoms with E-state index in [1.54, 1.807) is 0 Å². The van der Waals surface area contributed by atoms with E-state index < -0.39 is 0 Å². The zero-order valence-corrected chi connectivity index (χ0v) is 29.4. The lowest BCUT2D eigenvalue weighted by Crippen LogP contribution is -2.19. The number of hydrogen-bond donors (Lipinski definition) is 0. The minimum atomic E-state index is 0.660. The molecule has 0 spiro atoms. The number of nitrogens with zero attached hydrogens (tertiary/aromatic N) is 8. The number of aryl methyl sites for hydroxylation is 6. The van der Waals surface area contributed by atoms with Gasteiger partial charge in [-0.05, 0) is 134 Å². The molecular formula is C32H44Br2N8O2. The van der Waals surface area contributed by atoms with Gasteiger partial charge in [-0.1, -0.05) is 22.6 Å². The largest absolute Gasteiger partial charge is 0.492 e. The lowest BCUT2D eigenvalue weighted by molar-refractivity contribution is 0.260. The van der Waals surface area contributed by atoms with E-state index in [2.05, 4.69) is 101 Å². The fraction of sp³-hybridized carbons (Fsp3) is 0.500. The van der Waals surface area contributed by atoms with Crippen LogP contribution in [0.3, 0.4) is 0 Å². The summed E-state index contributed by atoms with van der Waals surface area (Å²) in [7, 11) is 8.23. The molecule has 0 unspecified atom stereocenters. The lowest BCUT2D eigenvalue weighted by atomic mass is 10.1. The van der Waals surface area contributed by atoms with Crippen LogP contribution in [0.5, 0.6) is 11.5 Å². The third-order valence-electron chi connectivity index (χ3n) is 7.09. The van der Waals surface area contributed by atoms with Gasteiger partial charge in [-0.15, -0.1) is 10.2 Å². The SMILES string of the molecule is CN(C)CCCOc1ccc(CCn2cc(CCCc3cn(CCc4ccc(OCCN(C)C)c(Br)c4)nn3)nn2)cc1Br. The van der Waals surface area contributed by atoms with E-state index in [1.165, 1.54) is 11.1 Å². The highest BCUT2D eigenvalue weighted by molar-refractivity contribution is 9.10. The van der Waals surface area contributed by atoms with Gasteiger partial charge in [-0.2, -0.15) is 0 Å². The smallest absolute Gasteiger partial charge is 0.133 e. The standard InChI is InChI=1S/C32H44Br2N8O2/c1-39(2)15-6-19-43-31-11-9-25(21-29(31)33)13-16-41-23-27(35-37-41)7-5-8-28-24-42(38-36-28)17-14-26-10-12-32(30(34)22-26)44-20-18-40(3)4/h9-12,21-24H,5-8,13-20H2,1-4H3. The second kappa shape index (κ2) is 17.6. The van der Waals surface area contributed by atoms with E-state index in [0.717, 1.165) is 96.5 Å². The predicted octanol–water partition coefficient (Wildman–Crippen LogP) is 5.33. The van der Waals surface area contributed by atoms with Gasteiger partial charge in [-0.25, -0.2) is 0 Å². The molecule has 0 saturated carbocycles.